The standard InChI is InChI=1S/C15H19Br2NO/c1-11-7-12(9-13(17)8-11)14(19)18-15(10-16)5-3-2-4-6-15/h7-9H,2-6,10H2,1H3,(H,18,19). The summed E-state index contributed by atoms with van der Waals surface area (Å²) in [6.07, 6.45) is 5.81. The van der Waals surface area contributed by atoms with E-state index in [0.717, 1.165) is 33.8 Å². The lowest BCUT2D eigenvalue weighted by Gasteiger charge is -2.36. The van der Waals surface area contributed by atoms with Crippen molar-refractivity contribution < 1.29 is 4.79 Å². The highest BCUT2D eigenvalue weighted by Crippen LogP contribution is 2.30. The molecule has 0 heterocycles. The van der Waals surface area contributed by atoms with Gasteiger partial charge in [-0.3, -0.25) is 4.79 Å². The number of nitrogens with one attached hydrogen (secondary N) is 1. The minimum atomic E-state index is -0.0639. The van der Waals surface area contributed by atoms with E-state index in [0.29, 0.717) is 0 Å². The quantitative estimate of drug-likeness (QED) is 0.754. The number of rotatable bonds is 3. The van der Waals surface area contributed by atoms with Crippen LogP contribution in [0.3, 0.4) is 0 Å². The summed E-state index contributed by atoms with van der Waals surface area (Å²) >= 11 is 7.02. The Labute approximate surface area is 131 Å². The summed E-state index contributed by atoms with van der Waals surface area (Å²) < 4.78 is 0.953. The molecule has 1 aliphatic carbocycles. The van der Waals surface area contributed by atoms with Crippen molar-refractivity contribution in [3.63, 3.8) is 0 Å². The zero-order chi connectivity index (χ0) is 13.9. The van der Waals surface area contributed by atoms with Crippen LogP contribution in [0.4, 0.5) is 0 Å². The molecule has 19 heavy (non-hydrogen) atoms. The molecule has 1 aliphatic rings. The average molecular weight is 389 g/mol. The van der Waals surface area contributed by atoms with Gasteiger partial charge in [-0.1, -0.05) is 51.1 Å². The first-order chi connectivity index (χ1) is 9.04. The van der Waals surface area contributed by atoms with Gasteiger partial charge in [0.2, 0.25) is 0 Å². The highest BCUT2D eigenvalue weighted by molar-refractivity contribution is 9.10. The summed E-state index contributed by atoms with van der Waals surface area (Å²) in [4.78, 5) is 12.4. The molecule has 0 aromatic heterocycles. The third-order valence-corrected chi connectivity index (χ3v) is 5.28. The first-order valence-electron chi connectivity index (χ1n) is 6.70. The summed E-state index contributed by atoms with van der Waals surface area (Å²) in [6, 6.07) is 5.83. The highest BCUT2D eigenvalue weighted by atomic mass is 79.9. The normalized spacial score (nSPS) is 18.1. The van der Waals surface area contributed by atoms with Gasteiger partial charge >= 0.3 is 0 Å². The molecule has 0 atom stereocenters. The molecular weight excluding hydrogens is 370 g/mol. The number of halogens is 2. The van der Waals surface area contributed by atoms with E-state index in [-0.39, 0.29) is 11.4 Å². The molecule has 1 amide bonds. The van der Waals surface area contributed by atoms with Gasteiger partial charge in [0.15, 0.2) is 0 Å². The molecule has 1 aromatic rings. The lowest BCUT2D eigenvalue weighted by atomic mass is 9.83. The lowest BCUT2D eigenvalue weighted by Crippen LogP contribution is -2.51. The highest BCUT2D eigenvalue weighted by Gasteiger charge is 2.32. The Balaban J connectivity index is 2.15. The fourth-order valence-corrected chi connectivity index (χ4v) is 4.01. The predicted molar refractivity (Wildman–Crippen MR) is 86.0 cm³/mol. The molecule has 0 unspecified atom stereocenters. The van der Waals surface area contributed by atoms with Crippen LogP contribution in [-0.4, -0.2) is 16.8 Å². The molecule has 104 valence electrons. The summed E-state index contributed by atoms with van der Waals surface area (Å²) in [5, 5.41) is 4.08. The Morgan fingerprint density at radius 2 is 1.95 bits per heavy atom. The average Bonchev–Trinajstić information content (AvgIpc) is 2.38. The van der Waals surface area contributed by atoms with Crippen LogP contribution in [0, 0.1) is 6.92 Å². The zero-order valence-corrected chi connectivity index (χ0v) is 14.3. The molecule has 0 aliphatic heterocycles. The van der Waals surface area contributed by atoms with Crippen LogP contribution in [0.25, 0.3) is 0 Å². The van der Waals surface area contributed by atoms with Crippen LogP contribution >= 0.6 is 31.9 Å². The minimum absolute atomic E-state index is 0.0331. The maximum absolute atomic E-state index is 12.4. The van der Waals surface area contributed by atoms with Crippen LogP contribution in [0.15, 0.2) is 22.7 Å². The van der Waals surface area contributed by atoms with Crippen molar-refractivity contribution >= 4 is 37.8 Å². The van der Waals surface area contributed by atoms with Crippen molar-refractivity contribution in [1.29, 1.82) is 0 Å². The largest absolute Gasteiger partial charge is 0.346 e. The second kappa shape index (κ2) is 6.40. The maximum Gasteiger partial charge on any atom is 0.251 e. The van der Waals surface area contributed by atoms with E-state index in [1.165, 1.54) is 19.3 Å². The van der Waals surface area contributed by atoms with E-state index < -0.39 is 0 Å². The third-order valence-electron chi connectivity index (χ3n) is 3.75. The van der Waals surface area contributed by atoms with E-state index in [4.69, 9.17) is 0 Å². The Morgan fingerprint density at radius 1 is 1.26 bits per heavy atom. The van der Waals surface area contributed by atoms with Crippen LogP contribution < -0.4 is 5.32 Å². The predicted octanol–water partition coefficient (Wildman–Crippen LogP) is 4.59. The van der Waals surface area contributed by atoms with Crippen LogP contribution in [0.2, 0.25) is 0 Å². The molecule has 1 fully saturated rings. The molecule has 1 aromatic carbocycles. The second-order valence-corrected chi connectivity index (χ2v) is 6.92. The first-order valence-corrected chi connectivity index (χ1v) is 8.62. The SMILES string of the molecule is Cc1cc(Br)cc(C(=O)NC2(CBr)CCCCC2)c1. The topological polar surface area (TPSA) is 29.1 Å². The monoisotopic (exact) mass is 387 g/mol. The Hall–Kier alpha value is -0.350. The fourth-order valence-electron chi connectivity index (χ4n) is 2.70. The van der Waals surface area contributed by atoms with E-state index in [9.17, 15) is 4.79 Å². The number of carbonyl (C=O) groups excluding carboxylic acids is 1. The van der Waals surface area contributed by atoms with Crippen LogP contribution in [0.1, 0.15) is 48.0 Å². The Morgan fingerprint density at radius 3 is 2.53 bits per heavy atom. The number of amides is 1. The van der Waals surface area contributed by atoms with Crippen molar-refractivity contribution in [2.75, 3.05) is 5.33 Å². The first kappa shape index (κ1) is 15.0. The van der Waals surface area contributed by atoms with Gasteiger partial charge in [0.25, 0.3) is 5.91 Å². The minimum Gasteiger partial charge on any atom is -0.346 e. The van der Waals surface area contributed by atoms with Crippen molar-refractivity contribution in [1.82, 2.24) is 5.32 Å². The van der Waals surface area contributed by atoms with Crippen LogP contribution in [-0.2, 0) is 0 Å². The number of aryl methyl sites for hydroxylation is 1. The molecule has 0 saturated heterocycles. The Bertz CT molecular complexity index is 447. The number of hydrogen-bond acceptors (Lipinski definition) is 1. The van der Waals surface area contributed by atoms with E-state index >= 15 is 0 Å². The molecule has 0 radical (unpaired) electrons. The molecule has 0 spiro atoms. The zero-order valence-electron chi connectivity index (χ0n) is 11.1. The van der Waals surface area contributed by atoms with Gasteiger partial charge < -0.3 is 5.32 Å². The van der Waals surface area contributed by atoms with Crippen molar-refractivity contribution in [2.45, 2.75) is 44.6 Å². The Kier molecular flexibility index (Phi) is 5.07. The number of hydrogen-bond donors (Lipinski definition) is 1. The third kappa shape index (κ3) is 3.82. The van der Waals surface area contributed by atoms with E-state index in [2.05, 4.69) is 37.2 Å². The molecule has 2 rings (SSSR count). The fraction of sp³-hybridized carbons (Fsp3) is 0.533. The summed E-state index contributed by atoms with van der Waals surface area (Å²) in [7, 11) is 0. The van der Waals surface area contributed by atoms with E-state index in [1.54, 1.807) is 0 Å². The van der Waals surface area contributed by atoms with Gasteiger partial charge in [-0.15, -0.1) is 0 Å². The molecule has 0 bridgehead atoms. The van der Waals surface area contributed by atoms with Gasteiger partial charge in [0.1, 0.15) is 0 Å². The smallest absolute Gasteiger partial charge is 0.251 e. The van der Waals surface area contributed by atoms with Crippen molar-refractivity contribution in [2.24, 2.45) is 0 Å². The van der Waals surface area contributed by atoms with Crippen LogP contribution in [0.5, 0.6) is 0 Å². The molecule has 4 heteroatoms. The molecule has 1 saturated carbocycles. The molecule has 2 nitrogen and oxygen atoms in total. The van der Waals surface area contributed by atoms with Gasteiger partial charge in [0, 0.05) is 15.4 Å². The van der Waals surface area contributed by atoms with Crippen molar-refractivity contribution in [3.8, 4) is 0 Å². The van der Waals surface area contributed by atoms with Gasteiger partial charge in [0.05, 0.1) is 5.54 Å². The molecule has 1 N–H and O–H groups in total. The van der Waals surface area contributed by atoms with Gasteiger partial charge in [-0.25, -0.2) is 0 Å². The molecular formula is C15H19Br2NO. The van der Waals surface area contributed by atoms with Crippen molar-refractivity contribution in [3.05, 3.63) is 33.8 Å². The summed E-state index contributed by atoms with van der Waals surface area (Å²) in [5.74, 6) is 0.0331. The number of carbonyl (C=O) groups is 1. The number of benzene rings is 1. The number of alkyl halides is 1. The summed E-state index contributed by atoms with van der Waals surface area (Å²) in [5.41, 5.74) is 1.76. The second-order valence-electron chi connectivity index (χ2n) is 5.45. The maximum atomic E-state index is 12.4. The summed E-state index contributed by atoms with van der Waals surface area (Å²) in [6.45, 7) is 2.00. The lowest BCUT2D eigenvalue weighted by molar-refractivity contribution is 0.0886. The van der Waals surface area contributed by atoms with Gasteiger partial charge in [-0.05, 0) is 43.5 Å². The van der Waals surface area contributed by atoms with E-state index in [1.807, 2.05) is 25.1 Å². The van der Waals surface area contributed by atoms with Gasteiger partial charge in [-0.2, -0.15) is 0 Å².